The maximum Gasteiger partial charge on any atom is 0.416 e. The van der Waals surface area contributed by atoms with Gasteiger partial charge in [0.05, 0.1) is 91.0 Å². The van der Waals surface area contributed by atoms with Crippen molar-refractivity contribution in [1.29, 1.82) is 0 Å². The van der Waals surface area contributed by atoms with E-state index in [4.69, 9.17) is 137 Å². The van der Waals surface area contributed by atoms with Crippen LogP contribution in [0.2, 0.25) is 30.1 Å². The van der Waals surface area contributed by atoms with Crippen molar-refractivity contribution in [3.05, 3.63) is 316 Å². The fraction of sp³-hybridized carbons (Fsp3) is 0.345. The number of aromatic nitrogens is 4. The lowest BCUT2D eigenvalue weighted by Crippen LogP contribution is -2.42. The third-order valence-electron chi connectivity index (χ3n) is 26.1. The molecule has 28 nitrogen and oxygen atoms in total. The Kier molecular flexibility index (Phi) is 33.5. The van der Waals surface area contributed by atoms with E-state index in [0.717, 1.165) is 130 Å². The summed E-state index contributed by atoms with van der Waals surface area (Å²) in [5.41, 5.74) is 16.1. The molecule has 144 heavy (non-hydrogen) atoms. The molecule has 10 heterocycles. The highest BCUT2D eigenvalue weighted by Gasteiger charge is 2.42. The summed E-state index contributed by atoms with van der Waals surface area (Å²) >= 11 is 37.1. The highest BCUT2D eigenvalue weighted by atomic mass is 35.5. The number of halogens is 6. The maximum absolute atomic E-state index is 13.5. The van der Waals surface area contributed by atoms with Crippen molar-refractivity contribution in [2.45, 2.75) is 141 Å². The molecule has 4 amide bonds. The number of aromatic amines is 4. The molecule has 0 saturated carbocycles. The predicted octanol–water partition coefficient (Wildman–Crippen LogP) is 23.0. The van der Waals surface area contributed by atoms with Gasteiger partial charge in [-0.2, -0.15) is 0 Å². The lowest BCUT2D eigenvalue weighted by Gasteiger charge is -2.35. The number of nitrogens with zero attached hydrogens (tertiary/aromatic N) is 4. The molecule has 0 bridgehead atoms. The molecule has 10 aromatic carbocycles. The van der Waals surface area contributed by atoms with Gasteiger partial charge in [-0.1, -0.05) is 118 Å². The molecular formula is C110H114Cl6N8O20. The Morgan fingerprint density at radius 1 is 0.368 bits per heavy atom. The van der Waals surface area contributed by atoms with Crippen LogP contribution in [0.15, 0.2) is 218 Å². The Hall–Kier alpha value is -11.9. The minimum absolute atomic E-state index is 0.0191. The fourth-order valence-corrected chi connectivity index (χ4v) is 19.9. The zero-order chi connectivity index (χ0) is 101. The summed E-state index contributed by atoms with van der Waals surface area (Å²) in [6.07, 6.45) is 1.02. The molecule has 34 heteroatoms. The summed E-state index contributed by atoms with van der Waals surface area (Å²) in [6.45, 7) is 16.8. The van der Waals surface area contributed by atoms with E-state index in [1.54, 1.807) is 75.1 Å². The second-order valence-electron chi connectivity index (χ2n) is 36.8. The van der Waals surface area contributed by atoms with Gasteiger partial charge in [-0.05, 0) is 282 Å². The summed E-state index contributed by atoms with van der Waals surface area (Å²) in [6, 6.07) is 66.0. The number of amides is 4. The van der Waals surface area contributed by atoms with Crippen molar-refractivity contribution in [2.75, 3.05) is 98.9 Å². The number of aliphatic hydroxyl groups is 4. The topological polar surface area (TPSA) is 336 Å². The first-order chi connectivity index (χ1) is 69.5. The molecule has 2 fully saturated rings. The highest BCUT2D eigenvalue weighted by Crippen LogP contribution is 2.47. The lowest BCUT2D eigenvalue weighted by atomic mass is 9.92. The molecule has 2 saturated heterocycles. The summed E-state index contributed by atoms with van der Waals surface area (Å²) in [4.78, 5) is 73.6. The predicted molar refractivity (Wildman–Crippen MR) is 553 cm³/mol. The van der Waals surface area contributed by atoms with Crippen molar-refractivity contribution in [2.24, 2.45) is 5.92 Å². The van der Waals surface area contributed by atoms with E-state index >= 15 is 0 Å². The minimum atomic E-state index is -0.810. The number of benzene rings is 10. The largest absolute Gasteiger partial charge is 0.493 e. The van der Waals surface area contributed by atoms with Gasteiger partial charge in [-0.3, -0.25) is 19.6 Å². The second-order valence-corrected chi connectivity index (χ2v) is 39.4. The summed E-state index contributed by atoms with van der Waals surface area (Å²) in [7, 11) is 0. The molecule has 14 aromatic rings. The lowest BCUT2D eigenvalue weighted by molar-refractivity contribution is -0.264. The van der Waals surface area contributed by atoms with Crippen LogP contribution in [0.5, 0.6) is 34.5 Å². The molecule has 6 aliphatic rings. The first-order valence-electron chi connectivity index (χ1n) is 48.2. The first-order valence-corrected chi connectivity index (χ1v) is 50.4. The fourth-order valence-electron chi connectivity index (χ4n) is 19.0. The van der Waals surface area contributed by atoms with E-state index in [1.807, 2.05) is 204 Å². The second kappa shape index (κ2) is 46.6. The molecule has 6 aliphatic heterocycles. The van der Waals surface area contributed by atoms with Gasteiger partial charge in [-0.15, -0.1) is 0 Å². The zero-order valence-corrected chi connectivity index (χ0v) is 84.9. The van der Waals surface area contributed by atoms with Crippen LogP contribution in [-0.4, -0.2) is 213 Å². The van der Waals surface area contributed by atoms with Gasteiger partial charge in [0.25, 0.3) is 0 Å². The average molecular weight is 2080 g/mol. The summed E-state index contributed by atoms with van der Waals surface area (Å²) < 4.78 is 68.5. The Morgan fingerprint density at radius 2 is 0.653 bits per heavy atom. The maximum atomic E-state index is 13.5. The number of nitrogens with one attached hydrogen (secondary N) is 4. The molecule has 0 unspecified atom stereocenters. The van der Waals surface area contributed by atoms with Crippen LogP contribution in [0.3, 0.4) is 0 Å². The molecule has 20 rings (SSSR count). The van der Waals surface area contributed by atoms with Gasteiger partial charge in [0.1, 0.15) is 58.7 Å². The third-order valence-corrected chi connectivity index (χ3v) is 27.6. The Balaban J connectivity index is 0.000000132. The summed E-state index contributed by atoms with van der Waals surface area (Å²) in [5, 5.41) is 45.0. The molecule has 8 N–H and O–H groups in total. The number of H-pyrrole nitrogens is 4. The minimum Gasteiger partial charge on any atom is -0.493 e. The Bertz CT molecular complexity index is 6800. The number of hydrogen-bond acceptors (Lipinski definition) is 20. The number of aliphatic hydroxyl groups excluding tert-OH is 4. The van der Waals surface area contributed by atoms with E-state index < -0.39 is 42.0 Å². The number of rotatable bonds is 25. The molecule has 756 valence electrons. The normalized spacial score (nSPS) is 18.2. The molecule has 7 atom stereocenters. The van der Waals surface area contributed by atoms with Crippen molar-refractivity contribution >= 4 is 138 Å². The smallest absolute Gasteiger partial charge is 0.416 e. The van der Waals surface area contributed by atoms with Gasteiger partial charge in [0.2, 0.25) is 0 Å². The quantitative estimate of drug-likeness (QED) is 0.0263. The van der Waals surface area contributed by atoms with Crippen LogP contribution in [0.1, 0.15) is 152 Å². The van der Waals surface area contributed by atoms with Gasteiger partial charge >= 0.3 is 24.4 Å². The molecule has 0 spiro atoms. The van der Waals surface area contributed by atoms with Crippen molar-refractivity contribution < 1.29 is 96.4 Å². The number of carbonyl (C=O) groups is 4. The monoisotopic (exact) mass is 2080 g/mol. The summed E-state index contributed by atoms with van der Waals surface area (Å²) in [5.74, 6) is 2.75. The molecular weight excluding hydrogens is 1970 g/mol. The van der Waals surface area contributed by atoms with Crippen molar-refractivity contribution in [3.63, 3.8) is 0 Å². The standard InChI is InChI=1S/C31H30Cl2N2O5.C28H26Cl2N2O5.C27H31ClN2O5.C24H27ClN2O5/c1-31(2)38-18-24(40-31)14-16-37-22-8-3-19(4-9-22)29-28-25(26-17-21(33)7-12-27(26)34-28)13-15-35(29)30(36)39-23-10-5-20(32)6-11-23;29-18-3-8-22(9-4-18)37-28(35)32-13-11-23-24-15-19(30)5-10-25(24)31-26(23)27(32)17-1-6-21(7-2-17)36-14-12-20(34)16-33;1-4-32-26(31)30-12-11-21-22-13-19(28)7-10-23(22)29-24(21)25(30)18-5-8-20(9-6-18)33-14-17-15-34-27(2,3)35-16-17;1-2-31-24(30)27-11-9-19-20-13-16(25)5-8-21(20)26-22(19)23(27)15-3-6-18(7-4-15)32-12-10-17(29)14-28/h3-12,17,24,29,34H,13-16,18H2,1-2H3;1-10,15,20,27,31,33-34H,11-14,16H2;5-10,13,17,25,29H,4,11-12,14-16H2,1-3H3;3-8,13,17,23,26,28-29H,2,9-12,14H2,1H3/t24-,29-;20-,27-;25-;17-,23-/m0000/s1. The van der Waals surface area contributed by atoms with E-state index in [2.05, 4.69) is 19.9 Å². The number of carbonyl (C=O) groups excluding carboxylic acids is 4. The number of ether oxygens (including phenoxy) is 12. The van der Waals surface area contributed by atoms with Crippen LogP contribution >= 0.6 is 69.6 Å². The molecule has 0 radical (unpaired) electrons. The van der Waals surface area contributed by atoms with Crippen LogP contribution in [0, 0.1) is 5.92 Å². The van der Waals surface area contributed by atoms with Crippen molar-refractivity contribution in [3.8, 4) is 34.5 Å². The SMILES string of the molecule is CC1(C)OC[C@H](CCOc2ccc([C@H]3c4[nH]c5ccc(Cl)cc5c4CCN3C(=O)Oc3ccc(Cl)cc3)cc2)O1.CCOC(=O)N1CCc2c([nH]c3ccc(Cl)cc23)[C@@H]1c1ccc(OCC2COC(C)(C)OC2)cc1.CCOC(=O)N1CCc2c([nH]c3ccc(Cl)cc23)[C@@H]1c1ccc(OCC[C@H](O)CO)cc1.O=C(Oc1ccc(Cl)cc1)N1CCc2c([nH]c3ccc(Cl)cc23)[C@@H]1c1ccc(OCC[C@H](O)CO)cc1. The Morgan fingerprint density at radius 3 is 0.951 bits per heavy atom. The van der Waals surface area contributed by atoms with Gasteiger partial charge in [0, 0.05) is 148 Å². The van der Waals surface area contributed by atoms with Crippen LogP contribution < -0.4 is 28.4 Å². The van der Waals surface area contributed by atoms with E-state index in [0.29, 0.717) is 164 Å². The van der Waals surface area contributed by atoms with Gasteiger partial charge in [0.15, 0.2) is 11.6 Å². The van der Waals surface area contributed by atoms with Crippen LogP contribution in [0.4, 0.5) is 19.2 Å². The molecule has 0 aliphatic carbocycles. The van der Waals surface area contributed by atoms with Gasteiger partial charge < -0.3 is 97.2 Å². The first kappa shape index (κ1) is 103. The van der Waals surface area contributed by atoms with Crippen LogP contribution in [0.25, 0.3) is 43.6 Å². The Labute approximate surface area is 863 Å². The third kappa shape index (κ3) is 24.7. The average Bonchev–Trinajstić information content (AvgIpc) is 1.61. The van der Waals surface area contributed by atoms with Crippen molar-refractivity contribution in [1.82, 2.24) is 39.5 Å². The zero-order valence-electron chi connectivity index (χ0n) is 80.3. The van der Waals surface area contributed by atoms with E-state index in [9.17, 15) is 29.4 Å². The number of fused-ring (bicyclic) bond motifs is 12. The van der Waals surface area contributed by atoms with E-state index in [1.165, 1.54) is 5.56 Å². The van der Waals surface area contributed by atoms with Gasteiger partial charge in [-0.25, -0.2) is 19.2 Å². The highest BCUT2D eigenvalue weighted by molar-refractivity contribution is 6.33. The molecule has 4 aromatic heterocycles. The van der Waals surface area contributed by atoms with E-state index in [-0.39, 0.29) is 62.2 Å². The number of hydrogen-bond donors (Lipinski definition) is 8. The van der Waals surface area contributed by atoms with Crippen LogP contribution in [-0.2, 0) is 54.1 Å².